The summed E-state index contributed by atoms with van der Waals surface area (Å²) in [6, 6.07) is 0. The highest BCUT2D eigenvalue weighted by molar-refractivity contribution is 5.72. The van der Waals surface area contributed by atoms with Crippen molar-refractivity contribution in [2.24, 2.45) is 0 Å². The van der Waals surface area contributed by atoms with Gasteiger partial charge in [-0.3, -0.25) is 19.3 Å². The van der Waals surface area contributed by atoms with E-state index in [-0.39, 0.29) is 50.2 Å². The van der Waals surface area contributed by atoms with Crippen molar-refractivity contribution in [1.29, 1.82) is 0 Å². The predicted molar refractivity (Wildman–Crippen MR) is 157 cm³/mol. The van der Waals surface area contributed by atoms with Gasteiger partial charge in [0.25, 0.3) is 0 Å². The number of hydroxylamine groups is 4. The number of rotatable bonds is 12. The van der Waals surface area contributed by atoms with Crippen LogP contribution in [-0.4, -0.2) is 91.1 Å². The van der Waals surface area contributed by atoms with Gasteiger partial charge in [-0.25, -0.2) is 0 Å². The monoisotopic (exact) mass is 586 g/mol. The molecule has 0 amide bonds. The van der Waals surface area contributed by atoms with Gasteiger partial charge in [0.2, 0.25) is 0 Å². The third-order valence-electron chi connectivity index (χ3n) is 7.56. The van der Waals surface area contributed by atoms with Crippen LogP contribution in [0.15, 0.2) is 0 Å². The van der Waals surface area contributed by atoms with Gasteiger partial charge in [0.15, 0.2) is 0 Å². The summed E-state index contributed by atoms with van der Waals surface area (Å²) < 4.78 is 11.7. The lowest BCUT2D eigenvalue weighted by Crippen LogP contribution is -2.62. The molecule has 2 saturated heterocycles. The average molecular weight is 587 g/mol. The third-order valence-corrected chi connectivity index (χ3v) is 7.56. The summed E-state index contributed by atoms with van der Waals surface area (Å²) in [4.78, 5) is 37.4. The van der Waals surface area contributed by atoms with Crippen LogP contribution in [0.2, 0.25) is 0 Å². The Hall–Kier alpha value is -1.30. The number of aliphatic hydroxyl groups is 2. The smallest absolute Gasteiger partial charge is 0.306 e. The number of hydrogen-bond donors (Lipinski definition) is 2. The summed E-state index contributed by atoms with van der Waals surface area (Å²) in [5, 5.41) is 24.1. The molecule has 2 aliphatic heterocycles. The zero-order chi connectivity index (χ0) is 31.7. The zero-order valence-electron chi connectivity index (χ0n) is 27.8. The van der Waals surface area contributed by atoms with Gasteiger partial charge in [-0.1, -0.05) is 0 Å². The van der Waals surface area contributed by atoms with E-state index >= 15 is 0 Å². The molecule has 0 aromatic heterocycles. The van der Waals surface area contributed by atoms with Crippen LogP contribution in [0.5, 0.6) is 0 Å². The third kappa shape index (κ3) is 11.0. The van der Waals surface area contributed by atoms with Crippen molar-refractivity contribution in [2.75, 3.05) is 13.2 Å². The van der Waals surface area contributed by atoms with Crippen molar-refractivity contribution >= 4 is 11.9 Å². The van der Waals surface area contributed by atoms with Crippen LogP contribution in [0.25, 0.3) is 0 Å². The first-order chi connectivity index (χ1) is 18.3. The number of ether oxygens (including phenoxy) is 2. The van der Waals surface area contributed by atoms with E-state index in [1.165, 1.54) is 0 Å². The number of esters is 2. The molecule has 0 aromatic carbocycles. The normalized spacial score (nSPS) is 23.8. The van der Waals surface area contributed by atoms with Gasteiger partial charge < -0.3 is 19.7 Å². The molecular formula is C31H58N2O8. The van der Waals surface area contributed by atoms with Crippen molar-refractivity contribution in [3.05, 3.63) is 0 Å². The van der Waals surface area contributed by atoms with Gasteiger partial charge in [-0.05, 0) is 89.5 Å². The fraction of sp³-hybridized carbons (Fsp3) is 0.935. The number of nitrogens with zero attached hydrogens (tertiary/aromatic N) is 2. The topological polar surface area (TPSA) is 118 Å². The molecule has 2 fully saturated rings. The van der Waals surface area contributed by atoms with Gasteiger partial charge in [0.05, 0.1) is 24.4 Å². The van der Waals surface area contributed by atoms with Crippen LogP contribution in [0.1, 0.15) is 128 Å². The lowest BCUT2D eigenvalue weighted by Gasteiger charge is -2.53. The molecule has 0 bridgehead atoms. The first-order valence-corrected chi connectivity index (χ1v) is 15.0. The van der Waals surface area contributed by atoms with Crippen molar-refractivity contribution in [1.82, 2.24) is 10.1 Å². The van der Waals surface area contributed by atoms with Crippen molar-refractivity contribution < 1.29 is 39.0 Å². The Kier molecular flexibility index (Phi) is 11.2. The minimum absolute atomic E-state index is 0.144. The van der Waals surface area contributed by atoms with E-state index in [2.05, 4.69) is 0 Å². The van der Waals surface area contributed by atoms with Crippen LogP contribution >= 0.6 is 0 Å². The number of hydrogen-bond acceptors (Lipinski definition) is 10. The quantitative estimate of drug-likeness (QED) is 0.312. The fourth-order valence-electron chi connectivity index (χ4n) is 6.52. The van der Waals surface area contributed by atoms with Crippen molar-refractivity contribution in [3.8, 4) is 0 Å². The number of carbonyl (C=O) groups is 2. The molecule has 0 radical (unpaired) electrons. The van der Waals surface area contributed by atoms with Crippen LogP contribution in [0, 0.1) is 0 Å². The second-order valence-corrected chi connectivity index (χ2v) is 15.9. The molecule has 0 saturated carbocycles. The van der Waals surface area contributed by atoms with Crippen LogP contribution in [-0.2, 0) is 28.7 Å². The molecule has 41 heavy (non-hydrogen) atoms. The minimum Gasteiger partial charge on any atom is -0.462 e. The molecule has 0 spiro atoms. The summed E-state index contributed by atoms with van der Waals surface area (Å²) in [7, 11) is 0. The largest absolute Gasteiger partial charge is 0.462 e. The van der Waals surface area contributed by atoms with Gasteiger partial charge >= 0.3 is 11.9 Å². The molecule has 2 heterocycles. The summed E-state index contributed by atoms with van der Waals surface area (Å²) in [5.74, 6) is -0.639. The Balaban J connectivity index is 1.83. The second kappa shape index (κ2) is 12.7. The lowest BCUT2D eigenvalue weighted by atomic mass is 9.80. The van der Waals surface area contributed by atoms with Crippen LogP contribution < -0.4 is 0 Å². The minimum atomic E-state index is -0.952. The van der Waals surface area contributed by atoms with Crippen LogP contribution in [0.4, 0.5) is 0 Å². The Morgan fingerprint density at radius 2 is 0.902 bits per heavy atom. The van der Waals surface area contributed by atoms with Crippen molar-refractivity contribution in [2.45, 2.75) is 174 Å². The Bertz CT molecular complexity index is 793. The zero-order valence-corrected chi connectivity index (χ0v) is 27.8. The first kappa shape index (κ1) is 35.9. The summed E-state index contributed by atoms with van der Waals surface area (Å²) in [5.41, 5.74) is -3.52. The number of carbonyl (C=O) groups excluding carboxylic acids is 2. The summed E-state index contributed by atoms with van der Waals surface area (Å²) in [6.45, 7) is 23.5. The highest BCUT2D eigenvalue weighted by Crippen LogP contribution is 2.41. The molecule has 0 atom stereocenters. The van der Waals surface area contributed by atoms with Gasteiger partial charge in [0.1, 0.15) is 12.2 Å². The fourth-order valence-corrected chi connectivity index (χ4v) is 6.52. The highest BCUT2D eigenvalue weighted by atomic mass is 16.7. The van der Waals surface area contributed by atoms with E-state index < -0.39 is 33.4 Å². The summed E-state index contributed by atoms with van der Waals surface area (Å²) in [6.07, 6.45) is 2.50. The van der Waals surface area contributed by atoms with Gasteiger partial charge in [0, 0.05) is 60.7 Å². The van der Waals surface area contributed by atoms with Gasteiger partial charge in [-0.2, -0.15) is 10.1 Å². The van der Waals surface area contributed by atoms with E-state index in [0.717, 1.165) is 0 Å². The Morgan fingerprint density at radius 3 is 1.15 bits per heavy atom. The molecule has 2 rings (SSSR count). The Morgan fingerprint density at radius 1 is 0.634 bits per heavy atom. The Labute approximate surface area is 247 Å². The van der Waals surface area contributed by atoms with Gasteiger partial charge in [-0.15, -0.1) is 0 Å². The molecule has 2 N–H and O–H groups in total. The predicted octanol–water partition coefficient (Wildman–Crippen LogP) is 4.69. The average Bonchev–Trinajstić information content (AvgIpc) is 2.68. The molecule has 0 aromatic rings. The standard InChI is InChI=1S/C31H58N2O8/c1-26(2)16-22(17-27(3,4)32(26)38-20-30(9,10)36)40-24(34)14-13-15-25(35)41-23-18-28(5,6)33(29(7,8)19-23)39-21-31(11,12)37/h22-23,36-37H,13-21H2,1-12H3. The molecule has 10 heteroatoms. The lowest BCUT2D eigenvalue weighted by molar-refractivity contribution is -0.306. The number of piperidine rings is 2. The van der Waals surface area contributed by atoms with E-state index in [4.69, 9.17) is 19.1 Å². The maximum Gasteiger partial charge on any atom is 0.306 e. The molecule has 2 aliphatic rings. The van der Waals surface area contributed by atoms with Crippen molar-refractivity contribution in [3.63, 3.8) is 0 Å². The molecule has 0 unspecified atom stereocenters. The second-order valence-electron chi connectivity index (χ2n) is 15.9. The van der Waals surface area contributed by atoms with E-state index in [1.54, 1.807) is 27.7 Å². The van der Waals surface area contributed by atoms with E-state index in [9.17, 15) is 19.8 Å². The molecule has 240 valence electrons. The molecule has 0 aliphatic carbocycles. The van der Waals surface area contributed by atoms with Crippen LogP contribution in [0.3, 0.4) is 0 Å². The van der Waals surface area contributed by atoms with E-state index in [1.807, 2.05) is 65.5 Å². The SMILES string of the molecule is CC(C)(O)CON1C(C)(C)CC(OC(=O)CCCC(=O)OC2CC(C)(C)N(OCC(C)(C)O)C(C)(C)C2)CC1(C)C. The highest BCUT2D eigenvalue weighted by Gasteiger charge is 2.49. The maximum absolute atomic E-state index is 12.7. The van der Waals surface area contributed by atoms with E-state index in [0.29, 0.717) is 32.1 Å². The maximum atomic E-state index is 12.7. The first-order valence-electron chi connectivity index (χ1n) is 15.0. The molecule has 10 nitrogen and oxygen atoms in total. The summed E-state index contributed by atoms with van der Waals surface area (Å²) >= 11 is 0. The molecular weight excluding hydrogens is 528 g/mol.